The van der Waals surface area contributed by atoms with Crippen LogP contribution in [0.25, 0.3) is 0 Å². The molecule has 1 unspecified atom stereocenters. The van der Waals surface area contributed by atoms with Crippen LogP contribution in [0.2, 0.25) is 0 Å². The fourth-order valence-corrected chi connectivity index (χ4v) is 3.11. The third-order valence-electron chi connectivity index (χ3n) is 4.32. The normalized spacial score (nSPS) is 17.4. The van der Waals surface area contributed by atoms with E-state index < -0.39 is 23.5 Å². The van der Waals surface area contributed by atoms with Crippen LogP contribution in [0, 0.1) is 0 Å². The van der Waals surface area contributed by atoms with Crippen molar-refractivity contribution in [3.63, 3.8) is 0 Å². The summed E-state index contributed by atoms with van der Waals surface area (Å²) in [6, 6.07) is 5.93. The number of ketones is 1. The third-order valence-corrected chi connectivity index (χ3v) is 4.32. The summed E-state index contributed by atoms with van der Waals surface area (Å²) in [6.07, 6.45) is 5.30. The van der Waals surface area contributed by atoms with Crippen molar-refractivity contribution >= 4 is 11.7 Å². The lowest BCUT2D eigenvalue weighted by molar-refractivity contribution is -0.129. The van der Waals surface area contributed by atoms with Crippen LogP contribution in [0.1, 0.15) is 28.6 Å². The van der Waals surface area contributed by atoms with Gasteiger partial charge < -0.3 is 19.3 Å². The summed E-state index contributed by atoms with van der Waals surface area (Å²) >= 11 is 0. The molecule has 0 aliphatic carbocycles. The van der Waals surface area contributed by atoms with E-state index in [0.717, 1.165) is 18.5 Å². The Hall–Kier alpha value is -2.93. The number of furan rings is 1. The SMILES string of the molecule is CN(C)CCCN1C(=O)C(O)=C(C(=O)c2ccco2)C1c1ccncc1. The molecule has 0 spiro atoms. The van der Waals surface area contributed by atoms with Gasteiger partial charge in [-0.25, -0.2) is 0 Å². The highest BCUT2D eigenvalue weighted by molar-refractivity contribution is 6.14. The highest BCUT2D eigenvalue weighted by Gasteiger charge is 2.44. The van der Waals surface area contributed by atoms with E-state index in [1.165, 1.54) is 17.2 Å². The molecule has 3 heterocycles. The van der Waals surface area contributed by atoms with Gasteiger partial charge in [0.2, 0.25) is 5.78 Å². The van der Waals surface area contributed by atoms with Crippen LogP contribution in [0.4, 0.5) is 0 Å². The molecule has 0 saturated carbocycles. The second kappa shape index (κ2) is 7.53. The van der Waals surface area contributed by atoms with Crippen molar-refractivity contribution in [1.82, 2.24) is 14.8 Å². The fraction of sp³-hybridized carbons (Fsp3) is 0.316. The molecular formula is C19H21N3O4. The van der Waals surface area contributed by atoms with Crippen molar-refractivity contribution < 1.29 is 19.1 Å². The minimum absolute atomic E-state index is 0.0426. The largest absolute Gasteiger partial charge is 0.503 e. The first-order valence-electron chi connectivity index (χ1n) is 8.37. The molecular weight excluding hydrogens is 334 g/mol. The summed E-state index contributed by atoms with van der Waals surface area (Å²) in [5, 5.41) is 10.4. The van der Waals surface area contributed by atoms with Gasteiger partial charge in [0.15, 0.2) is 11.5 Å². The molecule has 1 atom stereocenters. The number of hydrogen-bond donors (Lipinski definition) is 1. The third kappa shape index (κ3) is 3.39. The Bertz CT molecular complexity index is 813. The van der Waals surface area contributed by atoms with Gasteiger partial charge in [-0.3, -0.25) is 14.6 Å². The highest BCUT2D eigenvalue weighted by atomic mass is 16.3. The molecule has 7 heteroatoms. The number of carbonyl (C=O) groups excluding carboxylic acids is 2. The number of carbonyl (C=O) groups is 2. The summed E-state index contributed by atoms with van der Waals surface area (Å²) < 4.78 is 5.18. The van der Waals surface area contributed by atoms with E-state index in [2.05, 4.69) is 4.98 Å². The van der Waals surface area contributed by atoms with E-state index >= 15 is 0 Å². The molecule has 1 amide bonds. The molecule has 1 aliphatic heterocycles. The maximum Gasteiger partial charge on any atom is 0.290 e. The molecule has 136 valence electrons. The van der Waals surface area contributed by atoms with E-state index in [1.807, 2.05) is 19.0 Å². The molecule has 1 N–H and O–H groups in total. The Morgan fingerprint density at radius 1 is 1.31 bits per heavy atom. The van der Waals surface area contributed by atoms with Gasteiger partial charge in [0.05, 0.1) is 17.9 Å². The predicted octanol–water partition coefficient (Wildman–Crippen LogP) is 2.20. The zero-order chi connectivity index (χ0) is 18.7. The van der Waals surface area contributed by atoms with Crippen molar-refractivity contribution in [2.24, 2.45) is 0 Å². The number of aliphatic hydroxyl groups excluding tert-OH is 1. The fourth-order valence-electron chi connectivity index (χ4n) is 3.11. The Labute approximate surface area is 151 Å². The standard InChI is InChI=1S/C19H21N3O4/c1-21(2)10-4-11-22-16(13-6-8-20-9-7-13)15(18(24)19(22)25)17(23)14-5-3-12-26-14/h3,5-9,12,16,24H,4,10-11H2,1-2H3. The second-order valence-corrected chi connectivity index (χ2v) is 6.41. The zero-order valence-electron chi connectivity index (χ0n) is 14.8. The minimum atomic E-state index is -0.662. The molecule has 0 aromatic carbocycles. The quantitative estimate of drug-likeness (QED) is 0.766. The first-order valence-corrected chi connectivity index (χ1v) is 8.37. The number of Topliss-reactive ketones (excluding diaryl/α,β-unsaturated/α-hetero) is 1. The van der Waals surface area contributed by atoms with Crippen LogP contribution >= 0.6 is 0 Å². The molecule has 7 nitrogen and oxygen atoms in total. The maximum absolute atomic E-state index is 12.9. The summed E-state index contributed by atoms with van der Waals surface area (Å²) in [4.78, 5) is 33.1. The number of nitrogens with zero attached hydrogens (tertiary/aromatic N) is 3. The van der Waals surface area contributed by atoms with Crippen LogP contribution < -0.4 is 0 Å². The van der Waals surface area contributed by atoms with Crippen molar-refractivity contribution in [2.75, 3.05) is 27.2 Å². The molecule has 0 fully saturated rings. The number of aliphatic hydroxyl groups is 1. The van der Waals surface area contributed by atoms with Gasteiger partial charge >= 0.3 is 0 Å². The van der Waals surface area contributed by atoms with Crippen LogP contribution in [0.5, 0.6) is 0 Å². The molecule has 1 aliphatic rings. The van der Waals surface area contributed by atoms with Crippen molar-refractivity contribution in [3.05, 3.63) is 65.6 Å². The monoisotopic (exact) mass is 355 g/mol. The molecule has 0 bridgehead atoms. The van der Waals surface area contributed by atoms with Crippen molar-refractivity contribution in [3.8, 4) is 0 Å². The zero-order valence-corrected chi connectivity index (χ0v) is 14.8. The predicted molar refractivity (Wildman–Crippen MR) is 94.6 cm³/mol. The van der Waals surface area contributed by atoms with E-state index in [0.29, 0.717) is 6.54 Å². The Morgan fingerprint density at radius 3 is 2.65 bits per heavy atom. The van der Waals surface area contributed by atoms with Crippen molar-refractivity contribution in [1.29, 1.82) is 0 Å². The highest BCUT2D eigenvalue weighted by Crippen LogP contribution is 2.38. The van der Waals surface area contributed by atoms with Gasteiger partial charge in [-0.15, -0.1) is 0 Å². The second-order valence-electron chi connectivity index (χ2n) is 6.41. The molecule has 3 rings (SSSR count). The first kappa shape index (κ1) is 17.9. The Morgan fingerprint density at radius 2 is 2.04 bits per heavy atom. The van der Waals surface area contributed by atoms with Gasteiger partial charge in [-0.1, -0.05) is 0 Å². The van der Waals surface area contributed by atoms with E-state index in [4.69, 9.17) is 4.42 Å². The number of amides is 1. The number of hydrogen-bond acceptors (Lipinski definition) is 6. The molecule has 2 aromatic rings. The minimum Gasteiger partial charge on any atom is -0.503 e. The molecule has 0 radical (unpaired) electrons. The lowest BCUT2D eigenvalue weighted by Gasteiger charge is -2.27. The number of pyridine rings is 1. The van der Waals surface area contributed by atoms with Crippen LogP contribution in [0.3, 0.4) is 0 Å². The average Bonchev–Trinajstić information content (AvgIpc) is 3.24. The topological polar surface area (TPSA) is 86.9 Å². The smallest absolute Gasteiger partial charge is 0.290 e. The molecule has 0 saturated heterocycles. The number of rotatable bonds is 7. The lowest BCUT2D eigenvalue weighted by atomic mass is 9.96. The van der Waals surface area contributed by atoms with Gasteiger partial charge in [-0.05, 0) is 56.9 Å². The average molecular weight is 355 g/mol. The molecule has 26 heavy (non-hydrogen) atoms. The van der Waals surface area contributed by atoms with E-state index in [-0.39, 0.29) is 11.3 Å². The summed E-state index contributed by atoms with van der Waals surface area (Å²) in [6.45, 7) is 1.21. The number of aromatic nitrogens is 1. The summed E-state index contributed by atoms with van der Waals surface area (Å²) in [5.74, 6) is -1.45. The van der Waals surface area contributed by atoms with Crippen LogP contribution in [-0.4, -0.2) is 58.8 Å². The van der Waals surface area contributed by atoms with E-state index in [1.54, 1.807) is 30.6 Å². The Kier molecular flexibility index (Phi) is 5.18. The summed E-state index contributed by atoms with van der Waals surface area (Å²) in [7, 11) is 3.90. The van der Waals surface area contributed by atoms with Crippen LogP contribution in [-0.2, 0) is 4.79 Å². The molecule has 2 aromatic heterocycles. The maximum atomic E-state index is 12.9. The van der Waals surface area contributed by atoms with Gasteiger partial charge in [-0.2, -0.15) is 0 Å². The van der Waals surface area contributed by atoms with Gasteiger partial charge in [0.1, 0.15) is 0 Å². The van der Waals surface area contributed by atoms with E-state index in [9.17, 15) is 14.7 Å². The van der Waals surface area contributed by atoms with Crippen LogP contribution in [0.15, 0.2) is 58.7 Å². The van der Waals surface area contributed by atoms with Gasteiger partial charge in [0.25, 0.3) is 5.91 Å². The van der Waals surface area contributed by atoms with Crippen molar-refractivity contribution in [2.45, 2.75) is 12.5 Å². The first-order chi connectivity index (χ1) is 12.5. The Balaban J connectivity index is 1.97. The lowest BCUT2D eigenvalue weighted by Crippen LogP contribution is -2.33. The summed E-state index contributed by atoms with van der Waals surface area (Å²) in [5.41, 5.74) is 0.762. The van der Waals surface area contributed by atoms with Gasteiger partial charge in [0, 0.05) is 18.9 Å².